The molecule has 0 bridgehead atoms. The molecule has 0 spiro atoms. The Labute approximate surface area is 174 Å². The molecule has 1 amide bonds. The van der Waals surface area contributed by atoms with Crippen molar-refractivity contribution < 1.29 is 13.2 Å². The SMILES string of the molecule is O=C(NCCc1ccccc1)C1(c2ccc(NS(=O)(=O)c3cccs3)cc2)CC1. The Morgan fingerprint density at radius 3 is 2.31 bits per heavy atom. The van der Waals surface area contributed by atoms with Crippen molar-refractivity contribution in [2.75, 3.05) is 11.3 Å². The van der Waals surface area contributed by atoms with Crippen LogP contribution >= 0.6 is 11.3 Å². The van der Waals surface area contributed by atoms with Gasteiger partial charge in [-0.2, -0.15) is 0 Å². The molecule has 2 N–H and O–H groups in total. The lowest BCUT2D eigenvalue weighted by atomic mass is 9.94. The minimum absolute atomic E-state index is 0.0420. The molecule has 1 aliphatic rings. The molecule has 5 nitrogen and oxygen atoms in total. The summed E-state index contributed by atoms with van der Waals surface area (Å²) in [5, 5.41) is 4.78. The van der Waals surface area contributed by atoms with Crippen molar-refractivity contribution >= 4 is 33.0 Å². The van der Waals surface area contributed by atoms with Gasteiger partial charge in [-0.3, -0.25) is 9.52 Å². The van der Waals surface area contributed by atoms with Crippen LogP contribution in [0.4, 0.5) is 5.69 Å². The molecular formula is C22H22N2O3S2. The van der Waals surface area contributed by atoms with E-state index < -0.39 is 15.4 Å². The Hall–Kier alpha value is -2.64. The highest BCUT2D eigenvalue weighted by atomic mass is 32.2. The van der Waals surface area contributed by atoms with Crippen LogP contribution in [0.3, 0.4) is 0 Å². The molecule has 4 rings (SSSR count). The molecule has 1 aromatic heterocycles. The van der Waals surface area contributed by atoms with E-state index in [1.165, 1.54) is 16.9 Å². The van der Waals surface area contributed by atoms with Crippen LogP contribution in [0, 0.1) is 0 Å². The van der Waals surface area contributed by atoms with E-state index in [1.807, 2.05) is 30.3 Å². The highest BCUT2D eigenvalue weighted by Crippen LogP contribution is 2.48. The molecule has 0 unspecified atom stereocenters. The highest BCUT2D eigenvalue weighted by Gasteiger charge is 2.51. The second kappa shape index (κ2) is 8.00. The van der Waals surface area contributed by atoms with Crippen molar-refractivity contribution in [3.05, 3.63) is 83.2 Å². The van der Waals surface area contributed by atoms with Gasteiger partial charge in [-0.15, -0.1) is 11.3 Å². The van der Waals surface area contributed by atoms with Gasteiger partial charge in [-0.05, 0) is 54.0 Å². The lowest BCUT2D eigenvalue weighted by Crippen LogP contribution is -2.35. The number of thiophene rings is 1. The van der Waals surface area contributed by atoms with Crippen LogP contribution in [0.5, 0.6) is 0 Å². The standard InChI is InChI=1S/C22H22N2O3S2/c25-21(23-15-12-17-5-2-1-3-6-17)22(13-14-22)18-8-10-19(11-9-18)24-29(26,27)20-7-4-16-28-20/h1-11,16,24H,12-15H2,(H,23,25). The van der Waals surface area contributed by atoms with Gasteiger partial charge < -0.3 is 5.32 Å². The fourth-order valence-corrected chi connectivity index (χ4v) is 5.44. The molecule has 1 fully saturated rings. The van der Waals surface area contributed by atoms with Crippen LogP contribution < -0.4 is 10.0 Å². The highest BCUT2D eigenvalue weighted by molar-refractivity contribution is 7.94. The molecule has 150 valence electrons. The molecule has 1 aliphatic carbocycles. The zero-order valence-corrected chi connectivity index (χ0v) is 17.4. The number of benzene rings is 2. The average molecular weight is 427 g/mol. The van der Waals surface area contributed by atoms with Crippen LogP contribution in [0.15, 0.2) is 76.3 Å². The summed E-state index contributed by atoms with van der Waals surface area (Å²) in [6, 6.07) is 20.5. The maximum absolute atomic E-state index is 12.8. The van der Waals surface area contributed by atoms with Gasteiger partial charge in [0.1, 0.15) is 4.21 Å². The van der Waals surface area contributed by atoms with Crippen LogP contribution in [-0.4, -0.2) is 20.9 Å². The van der Waals surface area contributed by atoms with E-state index in [4.69, 9.17) is 0 Å². The fraction of sp³-hybridized carbons (Fsp3) is 0.227. The number of sulfonamides is 1. The minimum atomic E-state index is -3.57. The zero-order valence-electron chi connectivity index (χ0n) is 15.8. The summed E-state index contributed by atoms with van der Waals surface area (Å²) in [6.07, 6.45) is 2.42. The van der Waals surface area contributed by atoms with Gasteiger partial charge in [0.25, 0.3) is 10.0 Å². The third-order valence-electron chi connectivity index (χ3n) is 5.18. The van der Waals surface area contributed by atoms with Gasteiger partial charge in [0.15, 0.2) is 0 Å². The quantitative estimate of drug-likeness (QED) is 0.573. The summed E-state index contributed by atoms with van der Waals surface area (Å²) in [7, 11) is -3.57. The van der Waals surface area contributed by atoms with Crippen LogP contribution in [0.25, 0.3) is 0 Å². The molecule has 1 saturated carbocycles. The first-order valence-corrected chi connectivity index (χ1v) is 11.8. The Balaban J connectivity index is 1.38. The number of carbonyl (C=O) groups is 1. The number of hydrogen-bond acceptors (Lipinski definition) is 4. The summed E-state index contributed by atoms with van der Waals surface area (Å²) in [4.78, 5) is 12.8. The van der Waals surface area contributed by atoms with E-state index in [2.05, 4.69) is 22.2 Å². The summed E-state index contributed by atoms with van der Waals surface area (Å²) >= 11 is 1.17. The average Bonchev–Trinajstić information content (AvgIpc) is 3.33. The number of amides is 1. The van der Waals surface area contributed by atoms with Crippen molar-refractivity contribution in [1.29, 1.82) is 0 Å². The van der Waals surface area contributed by atoms with Gasteiger partial charge >= 0.3 is 0 Å². The van der Waals surface area contributed by atoms with E-state index in [0.29, 0.717) is 12.2 Å². The van der Waals surface area contributed by atoms with E-state index in [1.54, 1.807) is 29.6 Å². The van der Waals surface area contributed by atoms with Crippen LogP contribution in [0.1, 0.15) is 24.0 Å². The Morgan fingerprint density at radius 1 is 0.966 bits per heavy atom. The minimum Gasteiger partial charge on any atom is -0.355 e. The number of rotatable bonds is 8. The van der Waals surface area contributed by atoms with Gasteiger partial charge in [-0.1, -0.05) is 48.5 Å². The summed E-state index contributed by atoms with van der Waals surface area (Å²) in [6.45, 7) is 0.600. The monoisotopic (exact) mass is 426 g/mol. The number of carbonyl (C=O) groups excluding carboxylic acids is 1. The summed E-state index contributed by atoms with van der Waals surface area (Å²) in [5.74, 6) is 0.0420. The van der Waals surface area contributed by atoms with Crippen molar-refractivity contribution in [2.45, 2.75) is 28.9 Å². The normalized spacial score (nSPS) is 14.9. The molecule has 0 saturated heterocycles. The van der Waals surface area contributed by atoms with E-state index >= 15 is 0 Å². The third-order valence-corrected chi connectivity index (χ3v) is 7.96. The van der Waals surface area contributed by atoms with Crippen LogP contribution in [0.2, 0.25) is 0 Å². The number of anilines is 1. The van der Waals surface area contributed by atoms with Gasteiger partial charge in [0.2, 0.25) is 5.91 Å². The molecule has 29 heavy (non-hydrogen) atoms. The fourth-order valence-electron chi connectivity index (χ4n) is 3.39. The zero-order chi connectivity index (χ0) is 20.3. The second-order valence-electron chi connectivity index (χ2n) is 7.19. The lowest BCUT2D eigenvalue weighted by Gasteiger charge is -2.16. The van der Waals surface area contributed by atoms with Gasteiger partial charge in [0.05, 0.1) is 5.41 Å². The van der Waals surface area contributed by atoms with Crippen molar-refractivity contribution in [2.24, 2.45) is 0 Å². The predicted molar refractivity (Wildman–Crippen MR) is 116 cm³/mol. The Kier molecular flexibility index (Phi) is 5.43. The second-order valence-corrected chi connectivity index (χ2v) is 10.0. The van der Waals surface area contributed by atoms with Gasteiger partial charge in [0, 0.05) is 12.2 Å². The first-order chi connectivity index (χ1) is 14.0. The summed E-state index contributed by atoms with van der Waals surface area (Å²) in [5.41, 5.74) is 2.12. The molecule has 3 aromatic rings. The maximum atomic E-state index is 12.8. The lowest BCUT2D eigenvalue weighted by molar-refractivity contribution is -0.123. The first-order valence-electron chi connectivity index (χ1n) is 9.49. The molecule has 1 heterocycles. The van der Waals surface area contributed by atoms with Crippen LogP contribution in [-0.2, 0) is 26.7 Å². The Morgan fingerprint density at radius 2 is 1.69 bits per heavy atom. The topological polar surface area (TPSA) is 75.3 Å². The Bertz CT molecular complexity index is 1070. The molecule has 0 aliphatic heterocycles. The van der Waals surface area contributed by atoms with E-state index in [0.717, 1.165) is 24.8 Å². The largest absolute Gasteiger partial charge is 0.355 e. The number of hydrogen-bond donors (Lipinski definition) is 2. The van der Waals surface area contributed by atoms with Crippen molar-refractivity contribution in [1.82, 2.24) is 5.32 Å². The number of nitrogens with one attached hydrogen (secondary N) is 2. The third kappa shape index (κ3) is 4.36. The first kappa shape index (κ1) is 19.7. The molecule has 0 radical (unpaired) electrons. The molecular weight excluding hydrogens is 404 g/mol. The van der Waals surface area contributed by atoms with Crippen molar-refractivity contribution in [3.63, 3.8) is 0 Å². The predicted octanol–water partition coefficient (Wildman–Crippen LogP) is 3.94. The molecule has 7 heteroatoms. The summed E-state index contributed by atoms with van der Waals surface area (Å²) < 4.78 is 27.5. The van der Waals surface area contributed by atoms with Gasteiger partial charge in [-0.25, -0.2) is 8.42 Å². The smallest absolute Gasteiger partial charge is 0.271 e. The van der Waals surface area contributed by atoms with E-state index in [9.17, 15) is 13.2 Å². The van der Waals surface area contributed by atoms with Crippen molar-refractivity contribution in [3.8, 4) is 0 Å². The molecule has 0 atom stereocenters. The van der Waals surface area contributed by atoms with E-state index in [-0.39, 0.29) is 10.1 Å². The maximum Gasteiger partial charge on any atom is 0.271 e. The molecule has 2 aromatic carbocycles.